The number of benzene rings is 1. The van der Waals surface area contributed by atoms with Crippen molar-refractivity contribution in [1.82, 2.24) is 4.90 Å². The lowest BCUT2D eigenvalue weighted by Crippen LogP contribution is -2.25. The molecule has 0 atom stereocenters. The molecule has 1 fully saturated rings. The highest BCUT2D eigenvalue weighted by molar-refractivity contribution is 6.30. The number of hydrogen-bond donors (Lipinski definition) is 0. The van der Waals surface area contributed by atoms with Crippen LogP contribution in [0.25, 0.3) is 6.08 Å². The molecule has 1 aliphatic heterocycles. The topological polar surface area (TPSA) is 20.3 Å². The quantitative estimate of drug-likeness (QED) is 0.722. The van der Waals surface area contributed by atoms with E-state index in [0.29, 0.717) is 5.02 Å². The van der Waals surface area contributed by atoms with Crippen LogP contribution in [0, 0.1) is 0 Å². The fourth-order valence-corrected chi connectivity index (χ4v) is 1.91. The number of hydrogen-bond acceptors (Lipinski definition) is 1. The first-order chi connectivity index (χ1) is 7.75. The molecule has 0 aliphatic carbocycles. The normalized spacial score (nSPS) is 15.9. The van der Waals surface area contributed by atoms with Crippen LogP contribution < -0.4 is 0 Å². The van der Waals surface area contributed by atoms with E-state index < -0.39 is 0 Å². The van der Waals surface area contributed by atoms with Gasteiger partial charge in [-0.05, 0) is 36.6 Å². The fourth-order valence-electron chi connectivity index (χ4n) is 1.78. The molecule has 0 bridgehead atoms. The Morgan fingerprint density at radius 3 is 2.44 bits per heavy atom. The first kappa shape index (κ1) is 11.2. The van der Waals surface area contributed by atoms with Gasteiger partial charge in [-0.25, -0.2) is 0 Å². The summed E-state index contributed by atoms with van der Waals surface area (Å²) in [4.78, 5) is 13.6. The summed E-state index contributed by atoms with van der Waals surface area (Å²) in [5, 5.41) is 0.711. The van der Waals surface area contributed by atoms with Gasteiger partial charge in [-0.3, -0.25) is 4.79 Å². The van der Waals surface area contributed by atoms with Crippen LogP contribution in [0.15, 0.2) is 30.3 Å². The third kappa shape index (κ3) is 2.86. The van der Waals surface area contributed by atoms with Crippen LogP contribution in [0.3, 0.4) is 0 Å². The maximum Gasteiger partial charge on any atom is 0.246 e. The van der Waals surface area contributed by atoms with Gasteiger partial charge in [-0.15, -0.1) is 0 Å². The van der Waals surface area contributed by atoms with E-state index in [4.69, 9.17) is 11.6 Å². The van der Waals surface area contributed by atoms with Gasteiger partial charge in [-0.1, -0.05) is 23.7 Å². The summed E-state index contributed by atoms with van der Waals surface area (Å²) < 4.78 is 0. The van der Waals surface area contributed by atoms with Gasteiger partial charge in [0, 0.05) is 24.2 Å². The number of carbonyl (C=O) groups excluding carboxylic acids is 1. The molecule has 2 rings (SSSR count). The minimum absolute atomic E-state index is 0.104. The van der Waals surface area contributed by atoms with Crippen molar-refractivity contribution in [3.8, 4) is 0 Å². The van der Waals surface area contributed by atoms with Crippen LogP contribution in [0.4, 0.5) is 0 Å². The van der Waals surface area contributed by atoms with E-state index in [2.05, 4.69) is 0 Å². The SMILES string of the molecule is O=C(/C=C/c1ccc(Cl)cc1)N1CCCC1. The molecule has 0 radical (unpaired) electrons. The molecular formula is C13H14ClNO. The molecular weight excluding hydrogens is 222 g/mol. The van der Waals surface area contributed by atoms with Crippen LogP contribution in [-0.2, 0) is 4.79 Å². The monoisotopic (exact) mass is 235 g/mol. The van der Waals surface area contributed by atoms with Crippen molar-refractivity contribution >= 4 is 23.6 Å². The summed E-state index contributed by atoms with van der Waals surface area (Å²) in [5.41, 5.74) is 0.997. The minimum Gasteiger partial charge on any atom is -0.339 e. The maximum atomic E-state index is 11.7. The number of carbonyl (C=O) groups is 1. The Hall–Kier alpha value is -1.28. The Balaban J connectivity index is 1.97. The smallest absolute Gasteiger partial charge is 0.246 e. The van der Waals surface area contributed by atoms with E-state index in [1.807, 2.05) is 35.2 Å². The molecule has 0 N–H and O–H groups in total. The molecule has 0 saturated carbocycles. The predicted octanol–water partition coefficient (Wildman–Crippen LogP) is 2.98. The minimum atomic E-state index is 0.104. The van der Waals surface area contributed by atoms with Gasteiger partial charge < -0.3 is 4.90 Å². The Kier molecular flexibility index (Phi) is 3.62. The zero-order valence-corrected chi connectivity index (χ0v) is 9.78. The Morgan fingerprint density at radius 2 is 1.81 bits per heavy atom. The molecule has 0 aromatic heterocycles. The number of halogens is 1. The summed E-state index contributed by atoms with van der Waals surface area (Å²) >= 11 is 5.78. The first-order valence-corrected chi connectivity index (χ1v) is 5.86. The molecule has 1 aliphatic rings. The van der Waals surface area contributed by atoms with E-state index in [-0.39, 0.29) is 5.91 Å². The molecule has 0 unspecified atom stereocenters. The molecule has 0 spiro atoms. The Morgan fingerprint density at radius 1 is 1.19 bits per heavy atom. The summed E-state index contributed by atoms with van der Waals surface area (Å²) in [7, 11) is 0. The van der Waals surface area contributed by atoms with Gasteiger partial charge in [0.2, 0.25) is 5.91 Å². The lowest BCUT2D eigenvalue weighted by molar-refractivity contribution is -0.124. The molecule has 3 heteroatoms. The Labute approximate surface area is 101 Å². The highest BCUT2D eigenvalue weighted by Crippen LogP contribution is 2.12. The second kappa shape index (κ2) is 5.17. The highest BCUT2D eigenvalue weighted by atomic mass is 35.5. The van der Waals surface area contributed by atoms with E-state index in [0.717, 1.165) is 31.5 Å². The Bertz CT molecular complexity index is 391. The lowest BCUT2D eigenvalue weighted by atomic mass is 10.2. The summed E-state index contributed by atoms with van der Waals surface area (Å²) in [6.45, 7) is 1.79. The van der Waals surface area contributed by atoms with E-state index >= 15 is 0 Å². The molecule has 16 heavy (non-hydrogen) atoms. The first-order valence-electron chi connectivity index (χ1n) is 5.48. The summed E-state index contributed by atoms with van der Waals surface area (Å²) in [5.74, 6) is 0.104. The summed E-state index contributed by atoms with van der Waals surface area (Å²) in [6, 6.07) is 7.44. The van der Waals surface area contributed by atoms with Crippen LogP contribution >= 0.6 is 11.6 Å². The number of rotatable bonds is 2. The second-order valence-electron chi connectivity index (χ2n) is 3.92. The van der Waals surface area contributed by atoms with Crippen molar-refractivity contribution in [1.29, 1.82) is 0 Å². The highest BCUT2D eigenvalue weighted by Gasteiger charge is 2.14. The lowest BCUT2D eigenvalue weighted by Gasteiger charge is -2.11. The molecule has 1 amide bonds. The molecule has 1 aromatic rings. The third-order valence-electron chi connectivity index (χ3n) is 2.71. The van der Waals surface area contributed by atoms with Crippen LogP contribution in [0.2, 0.25) is 5.02 Å². The molecule has 84 valence electrons. The van der Waals surface area contributed by atoms with Gasteiger partial charge in [0.25, 0.3) is 0 Å². The van der Waals surface area contributed by atoms with Crippen molar-refractivity contribution in [2.45, 2.75) is 12.8 Å². The van der Waals surface area contributed by atoms with E-state index in [1.54, 1.807) is 6.08 Å². The van der Waals surface area contributed by atoms with Gasteiger partial charge in [0.05, 0.1) is 0 Å². The molecule has 2 nitrogen and oxygen atoms in total. The third-order valence-corrected chi connectivity index (χ3v) is 2.96. The predicted molar refractivity (Wildman–Crippen MR) is 66.3 cm³/mol. The van der Waals surface area contributed by atoms with Crippen LogP contribution in [0.1, 0.15) is 18.4 Å². The largest absolute Gasteiger partial charge is 0.339 e. The zero-order valence-electron chi connectivity index (χ0n) is 9.03. The van der Waals surface area contributed by atoms with Crippen molar-refractivity contribution in [3.63, 3.8) is 0 Å². The average molecular weight is 236 g/mol. The van der Waals surface area contributed by atoms with E-state index in [9.17, 15) is 4.79 Å². The zero-order chi connectivity index (χ0) is 11.4. The van der Waals surface area contributed by atoms with Crippen LogP contribution in [-0.4, -0.2) is 23.9 Å². The van der Waals surface area contributed by atoms with Crippen LogP contribution in [0.5, 0.6) is 0 Å². The molecule has 1 aromatic carbocycles. The fraction of sp³-hybridized carbons (Fsp3) is 0.308. The standard InChI is InChI=1S/C13H14ClNO/c14-12-6-3-11(4-7-12)5-8-13(16)15-9-1-2-10-15/h3-8H,1-2,9-10H2/b8-5+. The van der Waals surface area contributed by atoms with Crippen molar-refractivity contribution in [3.05, 3.63) is 40.9 Å². The van der Waals surface area contributed by atoms with Gasteiger partial charge in [0.15, 0.2) is 0 Å². The maximum absolute atomic E-state index is 11.7. The van der Waals surface area contributed by atoms with Crippen molar-refractivity contribution in [2.24, 2.45) is 0 Å². The molecule has 1 saturated heterocycles. The summed E-state index contributed by atoms with van der Waals surface area (Å²) in [6.07, 6.45) is 5.71. The average Bonchev–Trinajstić information content (AvgIpc) is 2.81. The van der Waals surface area contributed by atoms with Gasteiger partial charge >= 0.3 is 0 Å². The van der Waals surface area contributed by atoms with Crippen molar-refractivity contribution < 1.29 is 4.79 Å². The molecule has 1 heterocycles. The van der Waals surface area contributed by atoms with E-state index in [1.165, 1.54) is 0 Å². The number of nitrogens with zero attached hydrogens (tertiary/aromatic N) is 1. The van der Waals surface area contributed by atoms with Gasteiger partial charge in [0.1, 0.15) is 0 Å². The second-order valence-corrected chi connectivity index (χ2v) is 4.35. The number of amides is 1. The van der Waals surface area contributed by atoms with Gasteiger partial charge in [-0.2, -0.15) is 0 Å². The van der Waals surface area contributed by atoms with Crippen molar-refractivity contribution in [2.75, 3.05) is 13.1 Å². The number of likely N-dealkylation sites (tertiary alicyclic amines) is 1.